The summed E-state index contributed by atoms with van der Waals surface area (Å²) in [6, 6.07) is 3.43. The van der Waals surface area contributed by atoms with Gasteiger partial charge >= 0.3 is 33.5 Å². The second-order valence-corrected chi connectivity index (χ2v) is 11.7. The van der Waals surface area contributed by atoms with Crippen molar-refractivity contribution in [1.29, 1.82) is 0 Å². The molecule has 0 saturated heterocycles. The van der Waals surface area contributed by atoms with Gasteiger partial charge in [-0.15, -0.1) is 0 Å². The molecule has 28 heteroatoms. The van der Waals surface area contributed by atoms with E-state index >= 15 is 0 Å². The molecule has 1 atom stereocenters. The molecule has 0 aromatic heterocycles. The van der Waals surface area contributed by atoms with E-state index in [0.717, 1.165) is 32.9 Å². The summed E-state index contributed by atoms with van der Waals surface area (Å²) in [4.78, 5) is 41.4. The van der Waals surface area contributed by atoms with Crippen molar-refractivity contribution in [3.8, 4) is 0 Å². The van der Waals surface area contributed by atoms with Gasteiger partial charge in [0.25, 0.3) is 0 Å². The Morgan fingerprint density at radius 2 is 0.902 bits per heavy atom. The zero-order chi connectivity index (χ0) is 48.8. The Balaban J connectivity index is -0.0000000943. The minimum atomic E-state index is -4.67. The number of allylic oxidation sites excluding steroid dienone is 1. The normalized spacial score (nSPS) is 9.87. The molecule has 0 radical (unpaired) electrons. The van der Waals surface area contributed by atoms with Crippen molar-refractivity contribution in [2.75, 3.05) is 0 Å². The summed E-state index contributed by atoms with van der Waals surface area (Å²) in [7, 11) is -4.67. The second kappa shape index (κ2) is 39.3. The van der Waals surface area contributed by atoms with Crippen LogP contribution in [-0.4, -0.2) is 68.8 Å². The summed E-state index contributed by atoms with van der Waals surface area (Å²) in [5.74, 6) is -12.6. The quantitative estimate of drug-likeness (QED) is 0.0347. The Morgan fingerprint density at radius 3 is 1.18 bits per heavy atom. The Bertz CT molecular complexity index is 1870. The van der Waals surface area contributed by atoms with Crippen molar-refractivity contribution in [2.45, 2.75) is 54.1 Å². The summed E-state index contributed by atoms with van der Waals surface area (Å²) in [5, 5.41) is 9.57. The molecule has 3 rings (SSSR count). The zero-order valence-corrected chi connectivity index (χ0v) is 36.7. The van der Waals surface area contributed by atoms with Gasteiger partial charge in [-0.25, -0.2) is 39.5 Å². The maximum absolute atomic E-state index is 13.2. The van der Waals surface area contributed by atoms with Crippen LogP contribution in [0.2, 0.25) is 0 Å². The molecule has 61 heavy (non-hydrogen) atoms. The van der Waals surface area contributed by atoms with Crippen molar-refractivity contribution in [1.82, 2.24) is 0 Å². The number of hydrogen-bond acceptors (Lipinski definition) is 7. The van der Waals surface area contributed by atoms with Crippen LogP contribution in [0.15, 0.2) is 47.4 Å². The van der Waals surface area contributed by atoms with E-state index in [4.69, 9.17) is 45.0 Å². The van der Waals surface area contributed by atoms with E-state index in [-0.39, 0.29) is 57.1 Å². The fourth-order valence-electron chi connectivity index (χ4n) is 2.59. The Hall–Kier alpha value is -3.60. The number of carbonyl (C=O) groups is 4. The minimum absolute atomic E-state index is 0. The summed E-state index contributed by atoms with van der Waals surface area (Å²) in [6.07, 6.45) is 2.00. The number of hydrogen-bond donors (Lipinski definition) is 3. The van der Waals surface area contributed by atoms with Crippen LogP contribution in [0.5, 0.6) is 0 Å². The maximum atomic E-state index is 13.2. The van der Waals surface area contributed by atoms with E-state index in [1.165, 1.54) is 13.8 Å². The Kier molecular flexibility index (Phi) is 48.1. The number of benzene rings is 3. The molecule has 9 nitrogen and oxygen atoms in total. The molecule has 3 aromatic rings. The molecule has 3 aromatic carbocycles. The predicted octanol–water partition coefficient (Wildman–Crippen LogP) is 7.36. The van der Waals surface area contributed by atoms with Gasteiger partial charge in [-0.05, 0) is 54.9 Å². The first-order valence-electron chi connectivity index (χ1n) is 14.3. The SMILES string of the molecule is C=C(C(C)=O)c1cc(F)cc(F)c1F.CC(=O)C(C)(O)c1cc(F)cc(F)c1F.CC(=O)C(C)=O.C[CH-]C.FF.FF.FF.Fc1cc(F)c(F)c(Br)c1.O=S(=O)(O)O.[Cl-].[Mg+2]. The van der Waals surface area contributed by atoms with Crippen LogP contribution in [-0.2, 0) is 35.2 Å². The molecule has 3 N–H and O–H groups in total. The predicted molar refractivity (Wildman–Crippen MR) is 190 cm³/mol. The average molecular weight is 1030 g/mol. The average Bonchev–Trinajstić information content (AvgIpc) is 3.12. The second-order valence-electron chi connectivity index (χ2n) is 9.98. The molecular weight excluding hydrogens is 997 g/mol. The van der Waals surface area contributed by atoms with E-state index in [0.29, 0.717) is 24.3 Å². The van der Waals surface area contributed by atoms with Gasteiger partial charge in [0.1, 0.15) is 23.1 Å². The first-order chi connectivity index (χ1) is 26.9. The Morgan fingerprint density at radius 1 is 0.623 bits per heavy atom. The maximum Gasteiger partial charge on any atom is 2.00 e. The molecule has 0 saturated carbocycles. The summed E-state index contributed by atoms with van der Waals surface area (Å²) >= 11 is 2.64. The number of Topliss-reactive ketones (excluding diaryl/α,β-unsaturated/α-hetero) is 4. The molecule has 0 bridgehead atoms. The van der Waals surface area contributed by atoms with E-state index < -0.39 is 91.0 Å². The van der Waals surface area contributed by atoms with Gasteiger partial charge < -0.3 is 23.9 Å². The third-order valence-electron chi connectivity index (χ3n) is 5.39. The van der Waals surface area contributed by atoms with Crippen LogP contribution >= 0.6 is 15.9 Å². The summed E-state index contributed by atoms with van der Waals surface area (Å²) in [5.41, 5.74) is -3.61. The molecule has 0 aliphatic rings. The van der Waals surface area contributed by atoms with Gasteiger partial charge in [0.05, 0.1) is 4.47 Å². The number of ketones is 4. The molecule has 0 spiro atoms. The van der Waals surface area contributed by atoms with Crippen molar-refractivity contribution < 1.29 is 121 Å². The van der Waals surface area contributed by atoms with E-state index in [2.05, 4.69) is 22.5 Å². The monoisotopic (exact) mass is 1030 g/mol. The van der Waals surface area contributed by atoms with E-state index in [1.807, 2.05) is 20.3 Å². The third-order valence-corrected chi connectivity index (χ3v) is 5.97. The largest absolute Gasteiger partial charge is 2.00 e. The standard InChI is InChI=1S/C10H9F3O2.C10H7F3O.C6H2BrF3.C4H6O2.C3H7.ClH.3F2.Mg.H2O4S/c1-5(14)10(2,15)7-3-6(11)4-8(12)9(7)13;1-5(6(2)14)8-3-7(11)4-9(12)10(8)13;7-4-1-3(8)2-5(9)6(4)10;1-3(5)4(2)6;1-3-2;;3*1-2;;1-5(2,3)4/h3-4,15H,1-2H3;3-4H,1H2,2H3;1-2H;1-2H3;3H,1-2H3;1H;;;;;(H2,1,2,3,4)/q;;;;-1;;;;;+2;/p-1. The first-order valence-corrected chi connectivity index (χ1v) is 16.5. The van der Waals surface area contributed by atoms with Gasteiger partial charge in [0.15, 0.2) is 58.0 Å². The number of rotatable bonds is 5. The molecule has 0 amide bonds. The van der Waals surface area contributed by atoms with Crippen LogP contribution < -0.4 is 12.4 Å². The molecule has 1 unspecified atom stereocenters. The van der Waals surface area contributed by atoms with Crippen LogP contribution in [0.1, 0.15) is 59.6 Å². The van der Waals surface area contributed by atoms with E-state index in [9.17, 15) is 63.8 Å². The summed E-state index contributed by atoms with van der Waals surface area (Å²) in [6.45, 7) is 12.9. The smallest absolute Gasteiger partial charge is 1.00 e. The molecule has 346 valence electrons. The van der Waals surface area contributed by atoms with Crippen LogP contribution in [0.25, 0.3) is 5.57 Å². The molecule has 0 heterocycles. The number of carbonyl (C=O) groups excluding carboxylic acids is 4. The fraction of sp³-hybridized carbons (Fsp3) is 0.242. The van der Waals surface area contributed by atoms with Crippen molar-refractivity contribution in [3.05, 3.63) is 117 Å². The number of halogens is 17. The first kappa shape index (κ1) is 74.8. The fourth-order valence-corrected chi connectivity index (χ4v) is 3.00. The Labute approximate surface area is 369 Å². The van der Waals surface area contributed by atoms with Gasteiger partial charge in [-0.3, -0.25) is 28.3 Å². The van der Waals surface area contributed by atoms with Crippen LogP contribution in [0.3, 0.4) is 0 Å². The number of aliphatic hydroxyl groups is 1. The summed E-state index contributed by atoms with van der Waals surface area (Å²) < 4.78 is 193. The van der Waals surface area contributed by atoms with Gasteiger partial charge in [-0.1, -0.05) is 6.58 Å². The van der Waals surface area contributed by atoms with Crippen molar-refractivity contribution >= 4 is 78.1 Å². The molecule has 0 aliphatic carbocycles. The zero-order valence-electron chi connectivity index (χ0n) is 32.1. The molecule has 0 fully saturated rings. The van der Waals surface area contributed by atoms with Gasteiger partial charge in [0, 0.05) is 76.2 Å². The van der Waals surface area contributed by atoms with Gasteiger partial charge in [-0.2, -0.15) is 22.3 Å². The molecule has 0 aliphatic heterocycles. The van der Waals surface area contributed by atoms with Crippen molar-refractivity contribution in [2.24, 2.45) is 0 Å². The van der Waals surface area contributed by atoms with Crippen molar-refractivity contribution in [3.63, 3.8) is 0 Å². The van der Waals surface area contributed by atoms with Crippen LogP contribution in [0, 0.1) is 58.8 Å². The van der Waals surface area contributed by atoms with E-state index in [1.54, 1.807) is 0 Å². The molecular formula is C33H33BrClF15MgO9S. The van der Waals surface area contributed by atoms with Crippen LogP contribution in [0.4, 0.5) is 67.0 Å². The van der Waals surface area contributed by atoms with Gasteiger partial charge in [0.2, 0.25) is 0 Å². The third kappa shape index (κ3) is 35.7. The minimum Gasteiger partial charge on any atom is -1.00 e. The topological polar surface area (TPSA) is 163 Å².